The Balaban J connectivity index is 2.22. The summed E-state index contributed by atoms with van der Waals surface area (Å²) in [5.74, 6) is 0. The van der Waals surface area contributed by atoms with Crippen molar-refractivity contribution in [1.29, 1.82) is 0 Å². The van der Waals surface area contributed by atoms with E-state index in [1.807, 2.05) is 0 Å². The number of fused-ring (bicyclic) bond motifs is 2. The monoisotopic (exact) mass is 297 g/mol. The van der Waals surface area contributed by atoms with E-state index >= 15 is 0 Å². The van der Waals surface area contributed by atoms with Crippen molar-refractivity contribution in [3.63, 3.8) is 0 Å². The average molecular weight is 297 g/mol. The molecule has 0 aliphatic carbocycles. The summed E-state index contributed by atoms with van der Waals surface area (Å²) in [6.45, 7) is 14.0. The van der Waals surface area contributed by atoms with E-state index in [0.29, 0.717) is 0 Å². The summed E-state index contributed by atoms with van der Waals surface area (Å²) in [6, 6.07) is 4.52. The van der Waals surface area contributed by atoms with Crippen LogP contribution in [0.5, 0.6) is 0 Å². The molecule has 0 saturated heterocycles. The summed E-state index contributed by atoms with van der Waals surface area (Å²) in [6.07, 6.45) is 1.07. The van der Waals surface area contributed by atoms with Gasteiger partial charge in [0.05, 0.1) is 5.52 Å². The molecule has 1 aromatic heterocycles. The van der Waals surface area contributed by atoms with E-state index in [-0.39, 0.29) is 0 Å². The summed E-state index contributed by atoms with van der Waals surface area (Å²) >= 11 is 0. The number of pyridine rings is 1. The largest absolute Gasteiger partial charge is 0.313 e. The maximum atomic E-state index is 5.02. The van der Waals surface area contributed by atoms with E-state index in [0.717, 1.165) is 39.1 Å². The predicted octanol–water partition coefficient (Wildman–Crippen LogP) is 3.34. The lowest BCUT2D eigenvalue weighted by Gasteiger charge is -2.30. The van der Waals surface area contributed by atoms with E-state index < -0.39 is 0 Å². The van der Waals surface area contributed by atoms with Crippen LogP contribution in [-0.4, -0.2) is 29.5 Å². The van der Waals surface area contributed by atoms with Crippen molar-refractivity contribution in [2.45, 2.75) is 47.2 Å². The second kappa shape index (κ2) is 6.35. The molecule has 0 bridgehead atoms. The molecule has 0 fully saturated rings. The van der Waals surface area contributed by atoms with E-state index in [9.17, 15) is 0 Å². The highest BCUT2D eigenvalue weighted by molar-refractivity contribution is 5.87. The summed E-state index contributed by atoms with van der Waals surface area (Å²) in [4.78, 5) is 7.54. The van der Waals surface area contributed by atoms with Crippen molar-refractivity contribution < 1.29 is 0 Å². The number of likely N-dealkylation sites (N-methyl/N-ethyl adjacent to an activating group) is 1. The van der Waals surface area contributed by atoms with Crippen LogP contribution in [0.2, 0.25) is 0 Å². The van der Waals surface area contributed by atoms with Crippen molar-refractivity contribution in [2.24, 2.45) is 0 Å². The quantitative estimate of drug-likeness (QED) is 0.938. The molecule has 0 atom stereocenters. The molecule has 0 amide bonds. The van der Waals surface area contributed by atoms with E-state index in [4.69, 9.17) is 4.98 Å². The molecule has 0 radical (unpaired) electrons. The number of nitrogens with one attached hydrogen (secondary N) is 1. The molecule has 1 N–H and O–H groups in total. The van der Waals surface area contributed by atoms with E-state index in [1.165, 1.54) is 38.9 Å². The summed E-state index contributed by atoms with van der Waals surface area (Å²) < 4.78 is 0. The van der Waals surface area contributed by atoms with Gasteiger partial charge in [-0.05, 0) is 55.3 Å². The third-order valence-corrected chi connectivity index (χ3v) is 4.77. The van der Waals surface area contributed by atoms with Crippen molar-refractivity contribution in [3.05, 3.63) is 40.1 Å². The second-order valence-corrected chi connectivity index (χ2v) is 6.39. The van der Waals surface area contributed by atoms with Gasteiger partial charge in [0.15, 0.2) is 0 Å². The molecule has 0 unspecified atom stereocenters. The van der Waals surface area contributed by atoms with Crippen LogP contribution in [0.15, 0.2) is 12.1 Å². The van der Waals surface area contributed by atoms with Crippen LogP contribution in [0, 0.1) is 13.8 Å². The molecule has 3 nitrogen and oxygen atoms in total. The molecule has 1 aliphatic heterocycles. The van der Waals surface area contributed by atoms with Gasteiger partial charge in [0, 0.05) is 37.1 Å². The van der Waals surface area contributed by atoms with Gasteiger partial charge < -0.3 is 5.32 Å². The first-order valence-corrected chi connectivity index (χ1v) is 8.48. The van der Waals surface area contributed by atoms with Gasteiger partial charge >= 0.3 is 0 Å². The fourth-order valence-corrected chi connectivity index (χ4v) is 3.64. The van der Waals surface area contributed by atoms with Crippen LogP contribution in [0.3, 0.4) is 0 Å². The van der Waals surface area contributed by atoms with Crippen molar-refractivity contribution >= 4 is 10.9 Å². The summed E-state index contributed by atoms with van der Waals surface area (Å²) in [5, 5.41) is 4.90. The zero-order chi connectivity index (χ0) is 15.7. The fraction of sp³-hybridized carbons (Fsp3) is 0.526. The van der Waals surface area contributed by atoms with Crippen LogP contribution in [-0.2, 0) is 19.5 Å². The SMILES string of the molecule is CCNCc1c2c(nc3cc(C)cc(C)c13)CCN(CC)C2. The molecule has 2 heterocycles. The van der Waals surface area contributed by atoms with Gasteiger partial charge in [-0.3, -0.25) is 9.88 Å². The molecule has 22 heavy (non-hydrogen) atoms. The Hall–Kier alpha value is -1.45. The van der Waals surface area contributed by atoms with Gasteiger partial charge in [0.25, 0.3) is 0 Å². The maximum absolute atomic E-state index is 5.02. The Kier molecular flexibility index (Phi) is 4.46. The Morgan fingerprint density at radius 3 is 2.77 bits per heavy atom. The highest BCUT2D eigenvalue weighted by Gasteiger charge is 2.22. The molecule has 0 saturated carbocycles. The number of hydrogen-bond donors (Lipinski definition) is 1. The minimum atomic E-state index is 0.944. The number of aryl methyl sites for hydroxylation is 2. The standard InChI is InChI=1S/C19H27N3/c1-5-20-11-15-16-12-22(6-2)8-7-17(16)21-18-10-13(3)9-14(4)19(15)18/h9-10,20H,5-8,11-12H2,1-4H3. The minimum Gasteiger partial charge on any atom is -0.313 e. The van der Waals surface area contributed by atoms with Crippen molar-refractivity contribution in [1.82, 2.24) is 15.2 Å². The average Bonchev–Trinajstić information content (AvgIpc) is 2.50. The van der Waals surface area contributed by atoms with Crippen LogP contribution >= 0.6 is 0 Å². The molecule has 3 heteroatoms. The number of benzene rings is 1. The molecule has 1 aromatic carbocycles. The molecule has 3 rings (SSSR count). The van der Waals surface area contributed by atoms with Crippen molar-refractivity contribution in [2.75, 3.05) is 19.6 Å². The number of aromatic nitrogens is 1. The third-order valence-electron chi connectivity index (χ3n) is 4.77. The maximum Gasteiger partial charge on any atom is 0.0714 e. The van der Waals surface area contributed by atoms with Gasteiger partial charge in [0.1, 0.15) is 0 Å². The van der Waals surface area contributed by atoms with Crippen LogP contribution in [0.1, 0.15) is 41.8 Å². The van der Waals surface area contributed by atoms with Gasteiger partial charge in [-0.15, -0.1) is 0 Å². The van der Waals surface area contributed by atoms with Gasteiger partial charge in [-0.25, -0.2) is 0 Å². The zero-order valence-corrected chi connectivity index (χ0v) is 14.3. The summed E-state index contributed by atoms with van der Waals surface area (Å²) in [7, 11) is 0. The number of rotatable bonds is 4. The van der Waals surface area contributed by atoms with Gasteiger partial charge in [-0.1, -0.05) is 19.9 Å². The third kappa shape index (κ3) is 2.75. The van der Waals surface area contributed by atoms with Gasteiger partial charge in [0.2, 0.25) is 0 Å². The molecule has 1 aliphatic rings. The topological polar surface area (TPSA) is 28.2 Å². The summed E-state index contributed by atoms with van der Waals surface area (Å²) in [5.41, 5.74) is 8.08. The Morgan fingerprint density at radius 2 is 2.05 bits per heavy atom. The Bertz CT molecular complexity index is 691. The highest BCUT2D eigenvalue weighted by atomic mass is 15.1. The second-order valence-electron chi connectivity index (χ2n) is 6.39. The minimum absolute atomic E-state index is 0.944. The first kappa shape index (κ1) is 15.4. The Morgan fingerprint density at radius 1 is 1.23 bits per heavy atom. The smallest absolute Gasteiger partial charge is 0.0714 e. The first-order chi connectivity index (χ1) is 10.6. The van der Waals surface area contributed by atoms with Crippen LogP contribution < -0.4 is 5.32 Å². The first-order valence-electron chi connectivity index (χ1n) is 8.48. The lowest BCUT2D eigenvalue weighted by atomic mass is 9.92. The molecule has 2 aromatic rings. The molecule has 0 spiro atoms. The van der Waals surface area contributed by atoms with Gasteiger partial charge in [-0.2, -0.15) is 0 Å². The van der Waals surface area contributed by atoms with Crippen LogP contribution in [0.25, 0.3) is 10.9 Å². The van der Waals surface area contributed by atoms with Crippen LogP contribution in [0.4, 0.5) is 0 Å². The number of hydrogen-bond acceptors (Lipinski definition) is 3. The van der Waals surface area contributed by atoms with Crippen molar-refractivity contribution in [3.8, 4) is 0 Å². The zero-order valence-electron chi connectivity index (χ0n) is 14.3. The van der Waals surface area contributed by atoms with E-state index in [2.05, 4.69) is 50.0 Å². The predicted molar refractivity (Wildman–Crippen MR) is 93.3 cm³/mol. The normalized spacial score (nSPS) is 15.3. The lowest BCUT2D eigenvalue weighted by Crippen LogP contribution is -2.32. The highest BCUT2D eigenvalue weighted by Crippen LogP contribution is 2.30. The number of nitrogens with zero attached hydrogens (tertiary/aromatic N) is 2. The molecular formula is C19H27N3. The Labute approximate surface area is 133 Å². The molecular weight excluding hydrogens is 270 g/mol. The fourth-order valence-electron chi connectivity index (χ4n) is 3.64. The molecule has 118 valence electrons. The lowest BCUT2D eigenvalue weighted by molar-refractivity contribution is 0.265. The van der Waals surface area contributed by atoms with E-state index in [1.54, 1.807) is 0 Å².